The molecule has 0 aliphatic rings. The maximum Gasteiger partial charge on any atom is 0.313 e. The van der Waals surface area contributed by atoms with Crippen LogP contribution in [0.5, 0.6) is 5.75 Å². The summed E-state index contributed by atoms with van der Waals surface area (Å²) < 4.78 is 18.2. The van der Waals surface area contributed by atoms with Gasteiger partial charge in [0.2, 0.25) is 0 Å². The van der Waals surface area contributed by atoms with Gasteiger partial charge < -0.3 is 9.64 Å². The minimum absolute atomic E-state index is 0.0464. The van der Waals surface area contributed by atoms with Crippen LogP contribution in [0.15, 0.2) is 12.1 Å². The number of hydrogen-bond acceptors (Lipinski definition) is 4. The van der Waals surface area contributed by atoms with Gasteiger partial charge in [-0.15, -0.1) is 0 Å². The van der Waals surface area contributed by atoms with E-state index in [0.717, 1.165) is 6.07 Å². The highest BCUT2D eigenvalue weighted by Gasteiger charge is 2.19. The Morgan fingerprint density at radius 1 is 1.47 bits per heavy atom. The Bertz CT molecular complexity index is 393. The summed E-state index contributed by atoms with van der Waals surface area (Å²) in [6, 6.07) is 2.15. The highest BCUT2D eigenvalue weighted by atomic mass is 19.1. The number of hydrogen-bond donors (Lipinski definition) is 0. The van der Waals surface area contributed by atoms with Crippen LogP contribution in [0.1, 0.15) is 0 Å². The molecule has 0 saturated carbocycles. The highest BCUT2D eigenvalue weighted by molar-refractivity contribution is 5.59. The normalized spacial score (nSPS) is 9.87. The van der Waals surface area contributed by atoms with Crippen molar-refractivity contribution in [3.05, 3.63) is 28.1 Å². The van der Waals surface area contributed by atoms with Crippen LogP contribution in [-0.2, 0) is 0 Å². The van der Waals surface area contributed by atoms with Crippen molar-refractivity contribution in [2.45, 2.75) is 0 Å². The summed E-state index contributed by atoms with van der Waals surface area (Å²) in [5, 5.41) is 10.6. The zero-order valence-electron chi connectivity index (χ0n) is 8.65. The Morgan fingerprint density at radius 3 is 2.47 bits per heavy atom. The second-order valence-electron chi connectivity index (χ2n) is 3.13. The lowest BCUT2D eigenvalue weighted by Gasteiger charge is -2.14. The molecule has 0 amide bonds. The predicted octanol–water partition coefficient (Wildman–Crippen LogP) is 1.81. The van der Waals surface area contributed by atoms with Gasteiger partial charge in [-0.2, -0.15) is 0 Å². The second-order valence-corrected chi connectivity index (χ2v) is 3.13. The molecule has 1 aromatic rings. The molecule has 0 radical (unpaired) electrons. The second kappa shape index (κ2) is 4.12. The minimum Gasteiger partial charge on any atom is -0.490 e. The third-order valence-corrected chi connectivity index (χ3v) is 1.93. The van der Waals surface area contributed by atoms with Crippen molar-refractivity contribution < 1.29 is 14.1 Å². The molecule has 0 aromatic heterocycles. The fourth-order valence-corrected chi connectivity index (χ4v) is 1.18. The van der Waals surface area contributed by atoms with Gasteiger partial charge in [0.05, 0.1) is 23.8 Å². The summed E-state index contributed by atoms with van der Waals surface area (Å²) in [4.78, 5) is 11.4. The fraction of sp³-hybridized carbons (Fsp3) is 0.333. The maximum absolute atomic E-state index is 13.4. The lowest BCUT2D eigenvalue weighted by molar-refractivity contribution is -0.385. The van der Waals surface area contributed by atoms with Crippen LogP contribution in [0.4, 0.5) is 15.8 Å². The van der Waals surface area contributed by atoms with Crippen molar-refractivity contribution in [3.8, 4) is 5.75 Å². The summed E-state index contributed by atoms with van der Waals surface area (Å²) in [5.41, 5.74) is -0.127. The molecular weight excluding hydrogens is 203 g/mol. The standard InChI is InChI=1S/C9H11FN2O3/c1-11(2)7-5-9(15-3)8(12(13)14)4-6(7)10/h4-5H,1-3H3. The highest BCUT2D eigenvalue weighted by Crippen LogP contribution is 2.33. The minimum atomic E-state index is -0.679. The van der Waals surface area contributed by atoms with Gasteiger partial charge in [0.15, 0.2) is 11.6 Å². The SMILES string of the molecule is COc1cc(N(C)C)c(F)cc1[N+](=O)[O-]. The van der Waals surface area contributed by atoms with Crippen LogP contribution in [-0.4, -0.2) is 26.1 Å². The number of anilines is 1. The van der Waals surface area contributed by atoms with Gasteiger partial charge in [-0.05, 0) is 0 Å². The zero-order chi connectivity index (χ0) is 11.6. The van der Waals surface area contributed by atoms with Gasteiger partial charge in [-0.3, -0.25) is 10.1 Å². The van der Waals surface area contributed by atoms with Gasteiger partial charge in [-0.1, -0.05) is 0 Å². The first-order chi connectivity index (χ1) is 6.97. The molecule has 0 aliphatic carbocycles. The van der Waals surface area contributed by atoms with Crippen molar-refractivity contribution in [1.29, 1.82) is 0 Å². The van der Waals surface area contributed by atoms with E-state index in [9.17, 15) is 14.5 Å². The van der Waals surface area contributed by atoms with Crippen LogP contribution in [0.3, 0.4) is 0 Å². The smallest absolute Gasteiger partial charge is 0.313 e. The van der Waals surface area contributed by atoms with Crippen LogP contribution >= 0.6 is 0 Å². The third kappa shape index (κ3) is 2.15. The van der Waals surface area contributed by atoms with E-state index in [2.05, 4.69) is 0 Å². The van der Waals surface area contributed by atoms with E-state index < -0.39 is 10.7 Å². The first kappa shape index (κ1) is 11.2. The van der Waals surface area contributed by atoms with Crippen molar-refractivity contribution in [2.75, 3.05) is 26.1 Å². The zero-order valence-corrected chi connectivity index (χ0v) is 8.65. The van der Waals surface area contributed by atoms with E-state index in [1.54, 1.807) is 14.1 Å². The van der Waals surface area contributed by atoms with Crippen molar-refractivity contribution in [2.24, 2.45) is 0 Å². The summed E-state index contributed by atoms with van der Waals surface area (Å²) in [7, 11) is 4.59. The number of benzene rings is 1. The van der Waals surface area contributed by atoms with Gasteiger partial charge in [0, 0.05) is 20.2 Å². The van der Waals surface area contributed by atoms with E-state index in [1.165, 1.54) is 18.1 Å². The quantitative estimate of drug-likeness (QED) is 0.568. The molecule has 0 atom stereocenters. The average molecular weight is 214 g/mol. The van der Waals surface area contributed by atoms with Gasteiger partial charge >= 0.3 is 5.69 Å². The molecule has 0 fully saturated rings. The molecule has 15 heavy (non-hydrogen) atoms. The number of nitro groups is 1. The number of nitrogens with zero attached hydrogens (tertiary/aromatic N) is 2. The van der Waals surface area contributed by atoms with Crippen LogP contribution in [0.2, 0.25) is 0 Å². The molecule has 5 nitrogen and oxygen atoms in total. The van der Waals surface area contributed by atoms with E-state index >= 15 is 0 Å². The van der Waals surface area contributed by atoms with Gasteiger partial charge in [-0.25, -0.2) is 4.39 Å². The topological polar surface area (TPSA) is 55.6 Å². The van der Waals surface area contributed by atoms with E-state index in [4.69, 9.17) is 4.74 Å². The van der Waals surface area contributed by atoms with Gasteiger partial charge in [0.1, 0.15) is 0 Å². The lowest BCUT2D eigenvalue weighted by Crippen LogP contribution is -2.11. The van der Waals surface area contributed by atoms with Gasteiger partial charge in [0.25, 0.3) is 0 Å². The number of methoxy groups -OCH3 is 1. The summed E-state index contributed by atoms with van der Waals surface area (Å²) in [5.74, 6) is -0.599. The average Bonchev–Trinajstić information content (AvgIpc) is 2.16. The summed E-state index contributed by atoms with van der Waals surface area (Å²) >= 11 is 0. The molecule has 0 heterocycles. The summed E-state index contributed by atoms with van der Waals surface area (Å²) in [6.45, 7) is 0. The number of rotatable bonds is 3. The Balaban J connectivity index is 3.35. The molecule has 0 bridgehead atoms. The Kier molecular flexibility index (Phi) is 3.08. The van der Waals surface area contributed by atoms with Crippen LogP contribution in [0.25, 0.3) is 0 Å². The molecule has 6 heteroatoms. The first-order valence-corrected chi connectivity index (χ1v) is 4.16. The molecular formula is C9H11FN2O3. The van der Waals surface area contributed by atoms with E-state index in [0.29, 0.717) is 0 Å². The molecule has 1 rings (SSSR count). The third-order valence-electron chi connectivity index (χ3n) is 1.93. The Hall–Kier alpha value is -1.85. The van der Waals surface area contributed by atoms with E-state index in [-0.39, 0.29) is 17.1 Å². The maximum atomic E-state index is 13.4. The fourth-order valence-electron chi connectivity index (χ4n) is 1.18. The molecule has 82 valence electrons. The molecule has 0 saturated heterocycles. The molecule has 0 aliphatic heterocycles. The summed E-state index contributed by atoms with van der Waals surface area (Å²) in [6.07, 6.45) is 0. The largest absolute Gasteiger partial charge is 0.490 e. The first-order valence-electron chi connectivity index (χ1n) is 4.16. The lowest BCUT2D eigenvalue weighted by atomic mass is 10.2. The molecule has 0 N–H and O–H groups in total. The van der Waals surface area contributed by atoms with Crippen molar-refractivity contribution in [1.82, 2.24) is 0 Å². The monoisotopic (exact) mass is 214 g/mol. The molecule has 0 spiro atoms. The van der Waals surface area contributed by atoms with Crippen LogP contribution in [0, 0.1) is 15.9 Å². The van der Waals surface area contributed by atoms with Crippen molar-refractivity contribution in [3.63, 3.8) is 0 Å². The molecule has 1 aromatic carbocycles. The number of halogens is 1. The molecule has 0 unspecified atom stereocenters. The number of nitro benzene ring substituents is 1. The van der Waals surface area contributed by atoms with Crippen molar-refractivity contribution >= 4 is 11.4 Å². The Labute approximate surface area is 86.2 Å². The predicted molar refractivity (Wildman–Crippen MR) is 53.9 cm³/mol. The van der Waals surface area contributed by atoms with Crippen LogP contribution < -0.4 is 9.64 Å². The number of ether oxygens (including phenoxy) is 1. The van der Waals surface area contributed by atoms with E-state index in [1.807, 2.05) is 0 Å². The Morgan fingerprint density at radius 2 is 2.07 bits per heavy atom.